The Labute approximate surface area is 155 Å². The lowest BCUT2D eigenvalue weighted by molar-refractivity contribution is 0.988. The highest BCUT2D eigenvalue weighted by molar-refractivity contribution is 8.01. The van der Waals surface area contributed by atoms with Crippen molar-refractivity contribution in [3.63, 3.8) is 0 Å². The number of thiophene rings is 2. The summed E-state index contributed by atoms with van der Waals surface area (Å²) in [7, 11) is 0. The molecule has 0 aliphatic carbocycles. The Morgan fingerprint density at radius 2 is 2.12 bits per heavy atom. The van der Waals surface area contributed by atoms with Crippen LogP contribution < -0.4 is 5.32 Å². The normalized spacial score (nSPS) is 11.2. The standard InChI is InChI=1S/C15H13N5S4/c1-3-16-14-19-20-15(24-14)23-13-11-9(10-5-4-6-21-10)7-22-12(11)17-8(2)18-13/h4-7H,3H2,1-2H3,(H,16,19). The minimum absolute atomic E-state index is 0.779. The van der Waals surface area contributed by atoms with E-state index in [1.807, 2.05) is 13.8 Å². The highest BCUT2D eigenvalue weighted by atomic mass is 32.2. The van der Waals surface area contributed by atoms with E-state index >= 15 is 0 Å². The Balaban J connectivity index is 1.79. The first-order valence-corrected chi connectivity index (χ1v) is 10.7. The molecule has 1 N–H and O–H groups in total. The molecule has 122 valence electrons. The summed E-state index contributed by atoms with van der Waals surface area (Å²) < 4.78 is 0.883. The van der Waals surface area contributed by atoms with Crippen LogP contribution in [0.15, 0.2) is 32.3 Å². The van der Waals surface area contributed by atoms with E-state index in [1.54, 1.807) is 45.8 Å². The maximum absolute atomic E-state index is 4.68. The zero-order chi connectivity index (χ0) is 16.5. The van der Waals surface area contributed by atoms with E-state index in [-0.39, 0.29) is 0 Å². The van der Waals surface area contributed by atoms with Crippen LogP contribution in [0.4, 0.5) is 5.13 Å². The number of aromatic nitrogens is 4. The fourth-order valence-corrected chi connectivity index (χ4v) is 6.05. The summed E-state index contributed by atoms with van der Waals surface area (Å²) in [5.74, 6) is 0.779. The van der Waals surface area contributed by atoms with E-state index in [2.05, 4.69) is 48.4 Å². The summed E-state index contributed by atoms with van der Waals surface area (Å²) in [6.45, 7) is 4.81. The van der Waals surface area contributed by atoms with Crippen LogP contribution in [0.5, 0.6) is 0 Å². The SMILES string of the molecule is CCNc1nnc(Sc2nc(C)nc3scc(-c4cccs4)c23)s1. The van der Waals surface area contributed by atoms with Gasteiger partial charge in [0.15, 0.2) is 4.34 Å². The number of anilines is 1. The molecule has 0 unspecified atom stereocenters. The van der Waals surface area contributed by atoms with Gasteiger partial charge in [0.2, 0.25) is 5.13 Å². The maximum atomic E-state index is 4.68. The summed E-state index contributed by atoms with van der Waals surface area (Å²) >= 11 is 6.50. The van der Waals surface area contributed by atoms with Gasteiger partial charge < -0.3 is 5.32 Å². The molecular formula is C15H13N5S4. The van der Waals surface area contributed by atoms with E-state index in [9.17, 15) is 0 Å². The van der Waals surface area contributed by atoms with Gasteiger partial charge >= 0.3 is 0 Å². The minimum Gasteiger partial charge on any atom is -0.360 e. The van der Waals surface area contributed by atoms with E-state index < -0.39 is 0 Å². The molecule has 9 heteroatoms. The highest BCUT2D eigenvalue weighted by Crippen LogP contribution is 2.42. The van der Waals surface area contributed by atoms with Gasteiger partial charge in [-0.2, -0.15) is 0 Å². The van der Waals surface area contributed by atoms with Gasteiger partial charge in [-0.1, -0.05) is 17.4 Å². The van der Waals surface area contributed by atoms with Crippen LogP contribution in [-0.4, -0.2) is 26.7 Å². The molecule has 0 spiro atoms. The van der Waals surface area contributed by atoms with Crippen molar-refractivity contribution in [2.24, 2.45) is 0 Å². The van der Waals surface area contributed by atoms with Crippen molar-refractivity contribution in [2.75, 3.05) is 11.9 Å². The molecule has 0 fully saturated rings. The lowest BCUT2D eigenvalue weighted by atomic mass is 10.2. The van der Waals surface area contributed by atoms with E-state index in [0.29, 0.717) is 0 Å². The van der Waals surface area contributed by atoms with E-state index in [1.165, 1.54) is 10.4 Å². The van der Waals surface area contributed by atoms with Gasteiger partial charge in [-0.3, -0.25) is 0 Å². The Hall–Kier alpha value is -1.55. The number of rotatable bonds is 5. The van der Waals surface area contributed by atoms with E-state index in [0.717, 1.165) is 37.1 Å². The van der Waals surface area contributed by atoms with Gasteiger partial charge in [0, 0.05) is 22.4 Å². The average Bonchev–Trinajstić information content (AvgIpc) is 3.27. The number of hydrogen-bond acceptors (Lipinski definition) is 9. The smallest absolute Gasteiger partial charge is 0.206 e. The van der Waals surface area contributed by atoms with Crippen molar-refractivity contribution in [3.05, 3.63) is 28.7 Å². The molecule has 4 aromatic heterocycles. The molecule has 0 saturated carbocycles. The topological polar surface area (TPSA) is 63.6 Å². The van der Waals surface area contributed by atoms with Crippen molar-refractivity contribution < 1.29 is 0 Å². The van der Waals surface area contributed by atoms with Gasteiger partial charge in [0.1, 0.15) is 15.7 Å². The first-order chi connectivity index (χ1) is 11.7. The molecule has 0 atom stereocenters. The third-order valence-corrected chi connectivity index (χ3v) is 6.91. The molecule has 4 heterocycles. The molecule has 4 rings (SSSR count). The highest BCUT2D eigenvalue weighted by Gasteiger charge is 2.17. The quantitative estimate of drug-likeness (QED) is 0.474. The Morgan fingerprint density at radius 3 is 2.92 bits per heavy atom. The van der Waals surface area contributed by atoms with Crippen LogP contribution in [0, 0.1) is 6.92 Å². The van der Waals surface area contributed by atoms with Crippen LogP contribution >= 0.6 is 45.8 Å². The molecular weight excluding hydrogens is 378 g/mol. The van der Waals surface area contributed by atoms with Gasteiger partial charge in [-0.05, 0) is 37.1 Å². The van der Waals surface area contributed by atoms with Gasteiger partial charge in [0.05, 0.1) is 5.39 Å². The van der Waals surface area contributed by atoms with Crippen LogP contribution in [0.1, 0.15) is 12.7 Å². The predicted octanol–water partition coefficient (Wildman–Crippen LogP) is 5.16. The average molecular weight is 392 g/mol. The Kier molecular flexibility index (Phi) is 4.49. The molecule has 0 aliphatic rings. The van der Waals surface area contributed by atoms with Crippen molar-refractivity contribution >= 4 is 61.1 Å². The molecule has 0 saturated heterocycles. The second kappa shape index (κ2) is 6.75. The van der Waals surface area contributed by atoms with Crippen LogP contribution in [-0.2, 0) is 0 Å². The molecule has 5 nitrogen and oxygen atoms in total. The molecule has 0 bridgehead atoms. The molecule has 0 aromatic carbocycles. The van der Waals surface area contributed by atoms with Gasteiger partial charge in [0.25, 0.3) is 0 Å². The predicted molar refractivity (Wildman–Crippen MR) is 104 cm³/mol. The molecule has 24 heavy (non-hydrogen) atoms. The number of hydrogen-bond donors (Lipinski definition) is 1. The second-order valence-corrected chi connectivity index (χ2v) is 8.91. The number of fused-ring (bicyclic) bond motifs is 1. The monoisotopic (exact) mass is 391 g/mol. The first kappa shape index (κ1) is 15.9. The minimum atomic E-state index is 0.779. The number of aryl methyl sites for hydroxylation is 1. The maximum Gasteiger partial charge on any atom is 0.206 e. The summed E-state index contributed by atoms with van der Waals surface area (Å²) in [4.78, 5) is 11.5. The third-order valence-electron chi connectivity index (χ3n) is 3.22. The first-order valence-electron chi connectivity index (χ1n) is 7.29. The molecule has 0 amide bonds. The fourth-order valence-electron chi connectivity index (χ4n) is 2.25. The van der Waals surface area contributed by atoms with Crippen LogP contribution in [0.3, 0.4) is 0 Å². The molecule has 0 radical (unpaired) electrons. The van der Waals surface area contributed by atoms with Crippen LogP contribution in [0.25, 0.3) is 20.7 Å². The van der Waals surface area contributed by atoms with Crippen LogP contribution in [0.2, 0.25) is 0 Å². The fraction of sp³-hybridized carbons (Fsp3) is 0.200. The third kappa shape index (κ3) is 3.04. The number of nitrogens with zero attached hydrogens (tertiary/aromatic N) is 4. The molecule has 4 aromatic rings. The zero-order valence-corrected chi connectivity index (χ0v) is 16.2. The summed E-state index contributed by atoms with van der Waals surface area (Å²) in [5.41, 5.74) is 1.20. The summed E-state index contributed by atoms with van der Waals surface area (Å²) in [6, 6.07) is 4.20. The summed E-state index contributed by atoms with van der Waals surface area (Å²) in [5, 5.41) is 18.8. The van der Waals surface area contributed by atoms with Gasteiger partial charge in [-0.25, -0.2) is 9.97 Å². The van der Waals surface area contributed by atoms with Crippen molar-refractivity contribution in [2.45, 2.75) is 23.2 Å². The van der Waals surface area contributed by atoms with E-state index in [4.69, 9.17) is 0 Å². The summed E-state index contributed by atoms with van der Waals surface area (Å²) in [6.07, 6.45) is 0. The van der Waals surface area contributed by atoms with Gasteiger partial charge in [-0.15, -0.1) is 32.9 Å². The lowest BCUT2D eigenvalue weighted by Crippen LogP contribution is -1.94. The number of nitrogens with one attached hydrogen (secondary N) is 1. The zero-order valence-electron chi connectivity index (χ0n) is 12.9. The largest absolute Gasteiger partial charge is 0.360 e. The Morgan fingerprint density at radius 1 is 1.21 bits per heavy atom. The molecule has 0 aliphatic heterocycles. The lowest BCUT2D eigenvalue weighted by Gasteiger charge is -2.03. The van der Waals surface area contributed by atoms with Crippen molar-refractivity contribution in [1.29, 1.82) is 0 Å². The van der Waals surface area contributed by atoms with Crippen molar-refractivity contribution in [3.8, 4) is 10.4 Å². The second-order valence-electron chi connectivity index (χ2n) is 4.89. The van der Waals surface area contributed by atoms with Crippen molar-refractivity contribution in [1.82, 2.24) is 20.2 Å². The Bertz CT molecular complexity index is 973.